The van der Waals surface area contributed by atoms with Crippen LogP contribution in [0.1, 0.15) is 30.9 Å². The molecule has 0 atom stereocenters. The molecule has 0 amide bonds. The molecule has 0 spiro atoms. The van der Waals surface area contributed by atoms with E-state index in [2.05, 4.69) is 59.6 Å². The molecule has 0 saturated heterocycles. The van der Waals surface area contributed by atoms with Crippen molar-refractivity contribution >= 4 is 21.8 Å². The van der Waals surface area contributed by atoms with Crippen LogP contribution in [0.3, 0.4) is 0 Å². The SMILES string of the molecule is CCn1cc(C(C[N+](=O)[O-])c2cn(CC)c3ccccc23)c2ccccc21. The molecule has 0 radical (unpaired) electrons. The molecule has 0 saturated carbocycles. The predicted octanol–water partition coefficient (Wildman–Crippen LogP) is 5.04. The van der Waals surface area contributed by atoms with Crippen LogP contribution in [0, 0.1) is 10.1 Å². The second-order valence-electron chi connectivity index (χ2n) is 6.84. The number of fused-ring (bicyclic) bond motifs is 2. The van der Waals surface area contributed by atoms with Gasteiger partial charge in [0.05, 0.1) is 5.92 Å². The summed E-state index contributed by atoms with van der Waals surface area (Å²) in [6.45, 7) is 5.75. The third kappa shape index (κ3) is 2.89. The van der Waals surface area contributed by atoms with E-state index >= 15 is 0 Å². The molecule has 2 aromatic carbocycles. The number of para-hydroxylation sites is 2. The summed E-state index contributed by atoms with van der Waals surface area (Å²) in [5.74, 6) is -0.282. The van der Waals surface area contributed by atoms with Crippen molar-refractivity contribution in [1.29, 1.82) is 0 Å². The second kappa shape index (κ2) is 6.91. The Morgan fingerprint density at radius 3 is 1.70 bits per heavy atom. The average Bonchev–Trinajstić information content (AvgIpc) is 3.24. The monoisotopic (exact) mass is 361 g/mol. The first-order valence-corrected chi connectivity index (χ1v) is 9.41. The highest BCUT2D eigenvalue weighted by Gasteiger charge is 2.27. The van der Waals surface area contributed by atoms with Crippen LogP contribution in [0.4, 0.5) is 0 Å². The molecule has 0 fully saturated rings. The largest absolute Gasteiger partial charge is 0.347 e. The van der Waals surface area contributed by atoms with Gasteiger partial charge in [0, 0.05) is 52.2 Å². The molecule has 0 bridgehead atoms. The van der Waals surface area contributed by atoms with Crippen LogP contribution >= 0.6 is 0 Å². The van der Waals surface area contributed by atoms with Gasteiger partial charge < -0.3 is 9.13 Å². The van der Waals surface area contributed by atoms with Crippen molar-refractivity contribution in [2.75, 3.05) is 6.54 Å². The van der Waals surface area contributed by atoms with Gasteiger partial charge in [0.1, 0.15) is 0 Å². The smallest absolute Gasteiger partial charge is 0.214 e. The maximum absolute atomic E-state index is 11.6. The molecular formula is C22H23N3O2. The van der Waals surface area contributed by atoms with E-state index in [1.165, 1.54) is 0 Å². The summed E-state index contributed by atoms with van der Waals surface area (Å²) in [5.41, 5.74) is 4.32. The molecule has 5 nitrogen and oxygen atoms in total. The normalized spacial score (nSPS) is 11.7. The minimum atomic E-state index is -0.282. The summed E-state index contributed by atoms with van der Waals surface area (Å²) in [6.07, 6.45) is 4.19. The average molecular weight is 361 g/mol. The molecule has 0 aliphatic heterocycles. The number of aryl methyl sites for hydroxylation is 2. The van der Waals surface area contributed by atoms with Crippen LogP contribution in [-0.4, -0.2) is 20.6 Å². The van der Waals surface area contributed by atoms with Gasteiger partial charge in [-0.25, -0.2) is 0 Å². The molecule has 2 aromatic heterocycles. The molecule has 0 aliphatic rings. The van der Waals surface area contributed by atoms with E-state index in [0.717, 1.165) is 46.0 Å². The highest BCUT2D eigenvalue weighted by atomic mass is 16.6. The molecule has 4 rings (SSSR count). The van der Waals surface area contributed by atoms with E-state index in [1.807, 2.05) is 24.3 Å². The first-order chi connectivity index (χ1) is 13.1. The number of hydrogen-bond donors (Lipinski definition) is 0. The third-order valence-corrected chi connectivity index (χ3v) is 5.40. The molecule has 2 heterocycles. The van der Waals surface area contributed by atoms with E-state index in [4.69, 9.17) is 0 Å². The lowest BCUT2D eigenvalue weighted by Gasteiger charge is -2.12. The first kappa shape index (κ1) is 17.3. The second-order valence-corrected chi connectivity index (χ2v) is 6.84. The van der Waals surface area contributed by atoms with Crippen molar-refractivity contribution in [3.05, 3.63) is 82.2 Å². The fraction of sp³-hybridized carbons (Fsp3) is 0.273. The van der Waals surface area contributed by atoms with Gasteiger partial charge in [0.25, 0.3) is 0 Å². The van der Waals surface area contributed by atoms with Crippen molar-refractivity contribution in [1.82, 2.24) is 9.13 Å². The molecule has 4 aromatic rings. The summed E-state index contributed by atoms with van der Waals surface area (Å²) in [7, 11) is 0. The molecular weight excluding hydrogens is 338 g/mol. The Labute approximate surface area is 158 Å². The Morgan fingerprint density at radius 1 is 0.852 bits per heavy atom. The maximum atomic E-state index is 11.6. The highest BCUT2D eigenvalue weighted by molar-refractivity contribution is 5.89. The summed E-state index contributed by atoms with van der Waals surface area (Å²) in [5, 5.41) is 13.8. The summed E-state index contributed by atoms with van der Waals surface area (Å²) in [6, 6.07) is 16.4. The molecule has 27 heavy (non-hydrogen) atoms. The van der Waals surface area contributed by atoms with Gasteiger partial charge in [-0.1, -0.05) is 36.4 Å². The van der Waals surface area contributed by atoms with Gasteiger partial charge in [0.15, 0.2) is 0 Å². The Balaban J connectivity index is 1.98. The lowest BCUT2D eigenvalue weighted by Crippen LogP contribution is -2.13. The predicted molar refractivity (Wildman–Crippen MR) is 109 cm³/mol. The Kier molecular flexibility index (Phi) is 4.44. The molecule has 138 valence electrons. The van der Waals surface area contributed by atoms with Crippen LogP contribution in [-0.2, 0) is 13.1 Å². The van der Waals surface area contributed by atoms with Crippen LogP contribution in [0.5, 0.6) is 0 Å². The summed E-state index contributed by atoms with van der Waals surface area (Å²) in [4.78, 5) is 11.4. The van der Waals surface area contributed by atoms with Crippen LogP contribution < -0.4 is 0 Å². The first-order valence-electron chi connectivity index (χ1n) is 9.41. The number of benzene rings is 2. The van der Waals surface area contributed by atoms with E-state index in [-0.39, 0.29) is 17.4 Å². The number of aromatic nitrogens is 2. The lowest BCUT2D eigenvalue weighted by atomic mass is 9.91. The van der Waals surface area contributed by atoms with E-state index in [0.29, 0.717) is 0 Å². The van der Waals surface area contributed by atoms with Gasteiger partial charge in [-0.2, -0.15) is 0 Å². The van der Waals surface area contributed by atoms with Gasteiger partial charge in [-0.05, 0) is 37.1 Å². The van der Waals surface area contributed by atoms with Crippen molar-refractivity contribution in [2.45, 2.75) is 32.9 Å². The van der Waals surface area contributed by atoms with Gasteiger partial charge in [-0.3, -0.25) is 10.1 Å². The Hall–Kier alpha value is -3.08. The highest BCUT2D eigenvalue weighted by Crippen LogP contribution is 2.37. The lowest BCUT2D eigenvalue weighted by molar-refractivity contribution is -0.481. The fourth-order valence-corrected chi connectivity index (χ4v) is 4.14. The summed E-state index contributed by atoms with van der Waals surface area (Å²) >= 11 is 0. The minimum absolute atomic E-state index is 0.116. The van der Waals surface area contributed by atoms with Gasteiger partial charge >= 0.3 is 0 Å². The molecule has 0 unspecified atom stereocenters. The quantitative estimate of drug-likeness (QED) is 0.357. The summed E-state index contributed by atoms with van der Waals surface area (Å²) < 4.78 is 4.35. The van der Waals surface area contributed by atoms with E-state index < -0.39 is 0 Å². The molecule has 0 aliphatic carbocycles. The maximum Gasteiger partial charge on any atom is 0.214 e. The zero-order valence-corrected chi connectivity index (χ0v) is 15.6. The Bertz CT molecular complexity index is 1040. The Morgan fingerprint density at radius 2 is 1.30 bits per heavy atom. The van der Waals surface area contributed by atoms with Crippen molar-refractivity contribution in [3.8, 4) is 0 Å². The van der Waals surface area contributed by atoms with Gasteiger partial charge in [-0.15, -0.1) is 0 Å². The van der Waals surface area contributed by atoms with Gasteiger partial charge in [0.2, 0.25) is 6.54 Å². The number of nitrogens with zero attached hydrogens (tertiary/aromatic N) is 3. The van der Waals surface area contributed by atoms with Crippen LogP contribution in [0.15, 0.2) is 60.9 Å². The molecule has 0 N–H and O–H groups in total. The van der Waals surface area contributed by atoms with Crippen molar-refractivity contribution in [3.63, 3.8) is 0 Å². The van der Waals surface area contributed by atoms with Crippen LogP contribution in [0.2, 0.25) is 0 Å². The number of hydrogen-bond acceptors (Lipinski definition) is 2. The van der Waals surface area contributed by atoms with Crippen LogP contribution in [0.25, 0.3) is 21.8 Å². The minimum Gasteiger partial charge on any atom is -0.347 e. The van der Waals surface area contributed by atoms with E-state index in [9.17, 15) is 10.1 Å². The number of rotatable bonds is 6. The zero-order valence-electron chi connectivity index (χ0n) is 15.6. The molecule has 5 heteroatoms. The number of nitro groups is 1. The standard InChI is InChI=1S/C22H23N3O2/c1-3-23-13-18(16-9-5-7-11-21(16)23)20(15-25(26)27)19-14-24(4-2)22-12-8-6-10-17(19)22/h5-14,20H,3-4,15H2,1-2H3. The third-order valence-electron chi connectivity index (χ3n) is 5.40. The topological polar surface area (TPSA) is 53.0 Å². The van der Waals surface area contributed by atoms with E-state index in [1.54, 1.807) is 0 Å². The fourth-order valence-electron chi connectivity index (χ4n) is 4.14. The van der Waals surface area contributed by atoms with Crippen molar-refractivity contribution in [2.24, 2.45) is 0 Å². The zero-order chi connectivity index (χ0) is 19.0. The van der Waals surface area contributed by atoms with Crippen molar-refractivity contribution < 1.29 is 4.92 Å².